The lowest BCUT2D eigenvalue weighted by molar-refractivity contribution is -0.139. The molecule has 1 fully saturated rings. The van der Waals surface area contributed by atoms with E-state index in [4.69, 9.17) is 4.74 Å². The summed E-state index contributed by atoms with van der Waals surface area (Å²) in [6.07, 6.45) is -5.27. The smallest absolute Gasteiger partial charge is 0.420 e. The maximum atomic E-state index is 12.5. The number of ether oxygens (including phenoxy) is 1. The van der Waals surface area contributed by atoms with Gasteiger partial charge in [0.25, 0.3) is 0 Å². The minimum atomic E-state index is -4.70. The van der Waals surface area contributed by atoms with E-state index >= 15 is 0 Å². The van der Waals surface area contributed by atoms with Crippen LogP contribution in [0.2, 0.25) is 0 Å². The summed E-state index contributed by atoms with van der Waals surface area (Å²) in [7, 11) is 0. The van der Waals surface area contributed by atoms with Crippen molar-refractivity contribution in [3.63, 3.8) is 0 Å². The van der Waals surface area contributed by atoms with Gasteiger partial charge >= 0.3 is 6.18 Å². The van der Waals surface area contributed by atoms with Crippen molar-refractivity contribution in [3.05, 3.63) is 23.3 Å². The predicted molar refractivity (Wildman–Crippen MR) is 56.3 cm³/mol. The number of nitrogens with one attached hydrogen (secondary N) is 1. The van der Waals surface area contributed by atoms with Gasteiger partial charge in [0.05, 0.1) is 12.7 Å². The Morgan fingerprint density at radius 1 is 1.22 bits per heavy atom. The SMILES string of the molecule is Oc1c(C2CNCCO2)ccc(C(F)(F)F)c1O. The Hall–Kier alpha value is -1.47. The van der Waals surface area contributed by atoms with E-state index in [0.717, 1.165) is 12.1 Å². The average Bonchev–Trinajstić information content (AvgIpc) is 2.32. The third kappa shape index (κ3) is 2.37. The van der Waals surface area contributed by atoms with E-state index in [2.05, 4.69) is 5.32 Å². The zero-order chi connectivity index (χ0) is 13.3. The molecule has 0 aromatic heterocycles. The Balaban J connectivity index is 2.37. The van der Waals surface area contributed by atoms with Gasteiger partial charge in [-0.1, -0.05) is 6.07 Å². The number of halogens is 3. The summed E-state index contributed by atoms with van der Waals surface area (Å²) in [5.74, 6) is -1.94. The molecule has 1 aromatic carbocycles. The molecule has 1 saturated heterocycles. The van der Waals surface area contributed by atoms with Crippen LogP contribution in [0.15, 0.2) is 12.1 Å². The van der Waals surface area contributed by atoms with Crippen LogP contribution in [-0.2, 0) is 10.9 Å². The van der Waals surface area contributed by atoms with Crippen LogP contribution in [0.25, 0.3) is 0 Å². The fourth-order valence-corrected chi connectivity index (χ4v) is 1.85. The van der Waals surface area contributed by atoms with Crippen LogP contribution in [-0.4, -0.2) is 29.9 Å². The minimum absolute atomic E-state index is 0.146. The molecule has 0 amide bonds. The molecule has 0 bridgehead atoms. The van der Waals surface area contributed by atoms with Crippen molar-refractivity contribution >= 4 is 0 Å². The molecule has 2 rings (SSSR count). The van der Waals surface area contributed by atoms with E-state index < -0.39 is 29.3 Å². The number of hydrogen-bond donors (Lipinski definition) is 3. The van der Waals surface area contributed by atoms with Crippen molar-refractivity contribution in [1.82, 2.24) is 5.32 Å². The number of morpholine rings is 1. The van der Waals surface area contributed by atoms with E-state index in [-0.39, 0.29) is 5.56 Å². The van der Waals surface area contributed by atoms with Gasteiger partial charge in [0.15, 0.2) is 11.5 Å². The maximum absolute atomic E-state index is 12.5. The highest BCUT2D eigenvalue weighted by Gasteiger charge is 2.36. The number of phenolic OH excluding ortho intramolecular Hbond substituents is 2. The molecule has 0 spiro atoms. The molecule has 7 heteroatoms. The Kier molecular flexibility index (Phi) is 3.36. The molecule has 18 heavy (non-hydrogen) atoms. The maximum Gasteiger partial charge on any atom is 0.420 e. The number of phenols is 2. The van der Waals surface area contributed by atoms with Crippen molar-refractivity contribution in [3.8, 4) is 11.5 Å². The van der Waals surface area contributed by atoms with Gasteiger partial charge < -0.3 is 20.3 Å². The highest BCUT2D eigenvalue weighted by Crippen LogP contribution is 2.44. The molecule has 1 atom stereocenters. The van der Waals surface area contributed by atoms with Crippen LogP contribution in [0.1, 0.15) is 17.2 Å². The third-order valence-electron chi connectivity index (χ3n) is 2.76. The molecule has 100 valence electrons. The fraction of sp³-hybridized carbons (Fsp3) is 0.455. The largest absolute Gasteiger partial charge is 0.504 e. The standard InChI is InChI=1S/C11H12F3NO3/c12-11(13,14)7-2-1-6(9(16)10(7)17)8-5-15-3-4-18-8/h1-2,8,15-17H,3-5H2. The van der Waals surface area contributed by atoms with E-state index in [1.54, 1.807) is 0 Å². The molecule has 0 radical (unpaired) electrons. The van der Waals surface area contributed by atoms with Crippen molar-refractivity contribution in [2.24, 2.45) is 0 Å². The monoisotopic (exact) mass is 263 g/mol. The van der Waals surface area contributed by atoms with Crippen LogP contribution in [0.4, 0.5) is 13.2 Å². The van der Waals surface area contributed by atoms with Gasteiger partial charge in [-0.05, 0) is 6.07 Å². The van der Waals surface area contributed by atoms with Gasteiger partial charge in [0, 0.05) is 18.7 Å². The van der Waals surface area contributed by atoms with Crippen LogP contribution < -0.4 is 5.32 Å². The van der Waals surface area contributed by atoms with Crippen LogP contribution in [0, 0.1) is 0 Å². The first-order valence-corrected chi connectivity index (χ1v) is 5.35. The average molecular weight is 263 g/mol. The van der Waals surface area contributed by atoms with Gasteiger partial charge in [-0.3, -0.25) is 0 Å². The van der Waals surface area contributed by atoms with Gasteiger partial charge in [-0.15, -0.1) is 0 Å². The van der Waals surface area contributed by atoms with Crippen molar-refractivity contribution in [1.29, 1.82) is 0 Å². The molecular weight excluding hydrogens is 251 g/mol. The van der Waals surface area contributed by atoms with Crippen LogP contribution in [0.5, 0.6) is 11.5 Å². The molecular formula is C11H12F3NO3. The van der Waals surface area contributed by atoms with Crippen molar-refractivity contribution in [2.45, 2.75) is 12.3 Å². The number of rotatable bonds is 1. The molecule has 1 aliphatic heterocycles. The quantitative estimate of drug-likeness (QED) is 0.676. The van der Waals surface area contributed by atoms with E-state index in [0.29, 0.717) is 19.7 Å². The highest BCUT2D eigenvalue weighted by atomic mass is 19.4. The molecule has 1 aliphatic rings. The zero-order valence-electron chi connectivity index (χ0n) is 9.29. The summed E-state index contributed by atoms with van der Waals surface area (Å²) >= 11 is 0. The number of hydrogen-bond acceptors (Lipinski definition) is 4. The Morgan fingerprint density at radius 3 is 2.50 bits per heavy atom. The molecule has 1 aromatic rings. The summed E-state index contributed by atoms with van der Waals surface area (Å²) in [5.41, 5.74) is -1.11. The van der Waals surface area contributed by atoms with Gasteiger partial charge in [0.1, 0.15) is 5.56 Å². The van der Waals surface area contributed by atoms with E-state index in [1.807, 2.05) is 0 Å². The summed E-state index contributed by atoms with van der Waals surface area (Å²) in [5, 5.41) is 22.0. The Labute approximate surface area is 101 Å². The van der Waals surface area contributed by atoms with Crippen molar-refractivity contribution in [2.75, 3.05) is 19.7 Å². The summed E-state index contributed by atoms with van der Waals surface area (Å²) < 4.78 is 42.8. The second kappa shape index (κ2) is 4.66. The molecule has 0 aliphatic carbocycles. The van der Waals surface area contributed by atoms with Crippen molar-refractivity contribution < 1.29 is 28.1 Å². The van der Waals surface area contributed by atoms with Gasteiger partial charge in [-0.25, -0.2) is 0 Å². The van der Waals surface area contributed by atoms with E-state index in [1.165, 1.54) is 0 Å². The third-order valence-corrected chi connectivity index (χ3v) is 2.76. The summed E-state index contributed by atoms with van der Waals surface area (Å²) in [6, 6.07) is 1.86. The Bertz CT molecular complexity index is 442. The first-order valence-electron chi connectivity index (χ1n) is 5.35. The molecule has 1 unspecified atom stereocenters. The van der Waals surface area contributed by atoms with Gasteiger partial charge in [0.2, 0.25) is 0 Å². The van der Waals surface area contributed by atoms with Gasteiger partial charge in [-0.2, -0.15) is 13.2 Å². The lowest BCUT2D eigenvalue weighted by Crippen LogP contribution is -2.33. The number of benzene rings is 1. The zero-order valence-corrected chi connectivity index (χ0v) is 9.29. The molecule has 0 saturated carbocycles. The fourth-order valence-electron chi connectivity index (χ4n) is 1.85. The predicted octanol–water partition coefficient (Wildman–Crippen LogP) is 1.78. The number of alkyl halides is 3. The molecule has 3 N–H and O–H groups in total. The van der Waals surface area contributed by atoms with Crippen LogP contribution >= 0.6 is 0 Å². The van der Waals surface area contributed by atoms with E-state index in [9.17, 15) is 23.4 Å². The second-order valence-corrected chi connectivity index (χ2v) is 3.96. The lowest BCUT2D eigenvalue weighted by atomic mass is 10.0. The molecule has 4 nitrogen and oxygen atoms in total. The Morgan fingerprint density at radius 2 is 1.94 bits per heavy atom. The van der Waals surface area contributed by atoms with Crippen LogP contribution in [0.3, 0.4) is 0 Å². The summed E-state index contributed by atoms with van der Waals surface area (Å²) in [4.78, 5) is 0. The second-order valence-electron chi connectivity index (χ2n) is 3.96. The lowest BCUT2D eigenvalue weighted by Gasteiger charge is -2.25. The number of aromatic hydroxyl groups is 2. The topological polar surface area (TPSA) is 61.7 Å². The highest BCUT2D eigenvalue weighted by molar-refractivity contribution is 5.52. The minimum Gasteiger partial charge on any atom is -0.504 e. The normalized spacial score (nSPS) is 20.9. The molecule has 1 heterocycles. The summed E-state index contributed by atoms with van der Waals surface area (Å²) in [6.45, 7) is 1.41. The first-order chi connectivity index (χ1) is 8.41. The first kappa shape index (κ1) is 13.0.